The highest BCUT2D eigenvalue weighted by Crippen LogP contribution is 2.08. The van der Waals surface area contributed by atoms with Crippen molar-refractivity contribution < 1.29 is 4.79 Å². The quantitative estimate of drug-likeness (QED) is 0.834. The predicted octanol–water partition coefficient (Wildman–Crippen LogP) is 1.32. The molecule has 0 atom stereocenters. The lowest BCUT2D eigenvalue weighted by atomic mass is 10.3. The van der Waals surface area contributed by atoms with Crippen LogP contribution in [0.5, 0.6) is 0 Å². The first kappa shape index (κ1) is 11.3. The van der Waals surface area contributed by atoms with E-state index >= 15 is 0 Å². The van der Waals surface area contributed by atoms with Crippen molar-refractivity contribution in [3.8, 4) is 0 Å². The Balaban J connectivity index is 2.11. The minimum atomic E-state index is -0.327. The molecule has 2 N–H and O–H groups in total. The molecule has 6 heteroatoms. The fraction of sp³-hybridized carbons (Fsp3) is 0.273. The number of pyridine rings is 1. The van der Waals surface area contributed by atoms with Crippen LogP contribution >= 0.6 is 0 Å². The summed E-state index contributed by atoms with van der Waals surface area (Å²) in [6.07, 6.45) is 2.36. The van der Waals surface area contributed by atoms with Crippen molar-refractivity contribution in [3.05, 3.63) is 35.7 Å². The Hall–Kier alpha value is -2.24. The summed E-state index contributed by atoms with van der Waals surface area (Å²) in [4.78, 5) is 19.9. The van der Waals surface area contributed by atoms with Crippen LogP contribution in [0, 0.1) is 6.92 Å². The second-order valence-electron chi connectivity index (χ2n) is 3.60. The lowest BCUT2D eigenvalue weighted by Crippen LogP contribution is -2.14. The van der Waals surface area contributed by atoms with Gasteiger partial charge in [0.2, 0.25) is 5.82 Å². The molecule has 0 radical (unpaired) electrons. The highest BCUT2D eigenvalue weighted by Gasteiger charge is 2.11. The van der Waals surface area contributed by atoms with Crippen molar-refractivity contribution in [3.63, 3.8) is 0 Å². The Morgan fingerprint density at radius 3 is 3.00 bits per heavy atom. The molecular formula is C11H13N5O. The lowest BCUT2D eigenvalue weighted by molar-refractivity contribution is 0.101. The third-order valence-electron chi connectivity index (χ3n) is 2.22. The molecule has 0 aromatic carbocycles. The van der Waals surface area contributed by atoms with Gasteiger partial charge in [-0.3, -0.25) is 14.9 Å². The summed E-state index contributed by atoms with van der Waals surface area (Å²) in [5.74, 6) is 0.518. The zero-order valence-corrected chi connectivity index (χ0v) is 9.69. The summed E-state index contributed by atoms with van der Waals surface area (Å²) in [6.45, 7) is 3.80. The van der Waals surface area contributed by atoms with Crippen molar-refractivity contribution in [2.75, 3.05) is 5.32 Å². The van der Waals surface area contributed by atoms with E-state index in [-0.39, 0.29) is 11.7 Å². The highest BCUT2D eigenvalue weighted by atomic mass is 16.2. The first-order valence-electron chi connectivity index (χ1n) is 5.34. The fourth-order valence-corrected chi connectivity index (χ4v) is 1.37. The number of aromatic amines is 1. The summed E-state index contributed by atoms with van der Waals surface area (Å²) in [7, 11) is 0. The van der Waals surface area contributed by atoms with E-state index in [9.17, 15) is 4.79 Å². The van der Waals surface area contributed by atoms with Gasteiger partial charge in [-0.2, -0.15) is 0 Å². The van der Waals surface area contributed by atoms with E-state index in [2.05, 4.69) is 25.5 Å². The van der Waals surface area contributed by atoms with Crippen LogP contribution in [0.15, 0.2) is 18.3 Å². The fourth-order valence-electron chi connectivity index (χ4n) is 1.37. The molecule has 2 aromatic rings. The third-order valence-corrected chi connectivity index (χ3v) is 2.22. The maximum Gasteiger partial charge on any atom is 0.295 e. The Labute approximate surface area is 98.5 Å². The van der Waals surface area contributed by atoms with Crippen LogP contribution < -0.4 is 5.32 Å². The zero-order chi connectivity index (χ0) is 12.3. The molecule has 0 saturated heterocycles. The van der Waals surface area contributed by atoms with E-state index in [1.807, 2.05) is 13.8 Å². The number of nitrogens with zero attached hydrogens (tertiary/aromatic N) is 3. The summed E-state index contributed by atoms with van der Waals surface area (Å²) in [5, 5.41) is 9.25. The molecule has 6 nitrogen and oxygen atoms in total. The summed E-state index contributed by atoms with van der Waals surface area (Å²) < 4.78 is 0. The molecule has 2 aromatic heterocycles. The van der Waals surface area contributed by atoms with Gasteiger partial charge in [-0.25, -0.2) is 4.98 Å². The number of aryl methyl sites for hydroxylation is 2. The van der Waals surface area contributed by atoms with Crippen LogP contribution in [-0.2, 0) is 6.42 Å². The van der Waals surface area contributed by atoms with Gasteiger partial charge in [0.25, 0.3) is 5.91 Å². The average Bonchev–Trinajstić information content (AvgIpc) is 2.77. The molecule has 0 aliphatic rings. The van der Waals surface area contributed by atoms with E-state index in [4.69, 9.17) is 0 Å². The number of rotatable bonds is 3. The van der Waals surface area contributed by atoms with E-state index in [1.165, 1.54) is 0 Å². The standard InChI is InChI=1S/C11H13N5O/c1-3-9-14-10(16-15-9)11(17)13-8-4-5-12-7(2)6-8/h4-6H,3H2,1-2H3,(H,12,13,17)(H,14,15,16). The van der Waals surface area contributed by atoms with Crippen molar-refractivity contribution in [1.29, 1.82) is 0 Å². The van der Waals surface area contributed by atoms with Gasteiger partial charge < -0.3 is 5.32 Å². The molecule has 0 spiro atoms. The molecule has 0 fully saturated rings. The average molecular weight is 231 g/mol. The number of hydrogen-bond acceptors (Lipinski definition) is 4. The van der Waals surface area contributed by atoms with Crippen LogP contribution in [0.1, 0.15) is 29.1 Å². The van der Waals surface area contributed by atoms with E-state index < -0.39 is 0 Å². The molecule has 17 heavy (non-hydrogen) atoms. The molecule has 2 rings (SSSR count). The predicted molar refractivity (Wildman–Crippen MR) is 62.7 cm³/mol. The molecule has 88 valence electrons. The van der Waals surface area contributed by atoms with Gasteiger partial charge in [-0.15, -0.1) is 5.10 Å². The smallest absolute Gasteiger partial charge is 0.295 e. The number of H-pyrrole nitrogens is 1. The number of nitrogens with one attached hydrogen (secondary N) is 2. The molecule has 1 amide bonds. The first-order valence-corrected chi connectivity index (χ1v) is 5.34. The largest absolute Gasteiger partial charge is 0.319 e. The molecule has 2 heterocycles. The SMILES string of the molecule is CCc1nc(C(=O)Nc2ccnc(C)c2)n[nH]1. The van der Waals surface area contributed by atoms with Crippen LogP contribution in [0.25, 0.3) is 0 Å². The van der Waals surface area contributed by atoms with E-state index in [1.54, 1.807) is 18.3 Å². The third kappa shape index (κ3) is 2.66. The van der Waals surface area contributed by atoms with Crippen LogP contribution in [0.3, 0.4) is 0 Å². The van der Waals surface area contributed by atoms with E-state index in [0.29, 0.717) is 17.9 Å². The van der Waals surface area contributed by atoms with Crippen molar-refractivity contribution in [2.45, 2.75) is 20.3 Å². The molecule has 0 aliphatic carbocycles. The van der Waals surface area contributed by atoms with Gasteiger partial charge in [0.15, 0.2) is 0 Å². The second kappa shape index (κ2) is 4.73. The number of carbonyl (C=O) groups is 1. The van der Waals surface area contributed by atoms with Crippen molar-refractivity contribution in [1.82, 2.24) is 20.2 Å². The lowest BCUT2D eigenvalue weighted by Gasteiger charge is -2.02. The topological polar surface area (TPSA) is 83.6 Å². The minimum Gasteiger partial charge on any atom is -0.319 e. The van der Waals surface area contributed by atoms with Gasteiger partial charge in [-0.1, -0.05) is 6.92 Å². The van der Waals surface area contributed by atoms with Gasteiger partial charge >= 0.3 is 0 Å². The monoisotopic (exact) mass is 231 g/mol. The van der Waals surface area contributed by atoms with Gasteiger partial charge in [0, 0.05) is 24.0 Å². The Kier molecular flexibility index (Phi) is 3.13. The van der Waals surface area contributed by atoms with Crippen LogP contribution in [-0.4, -0.2) is 26.1 Å². The maximum absolute atomic E-state index is 11.8. The number of aromatic nitrogens is 4. The Morgan fingerprint density at radius 2 is 2.35 bits per heavy atom. The van der Waals surface area contributed by atoms with Gasteiger partial charge in [-0.05, 0) is 19.1 Å². The number of amides is 1. The Morgan fingerprint density at radius 1 is 1.53 bits per heavy atom. The van der Waals surface area contributed by atoms with Crippen LogP contribution in [0.2, 0.25) is 0 Å². The van der Waals surface area contributed by atoms with Gasteiger partial charge in [0.05, 0.1) is 0 Å². The zero-order valence-electron chi connectivity index (χ0n) is 9.69. The number of anilines is 1. The Bertz CT molecular complexity index is 534. The highest BCUT2D eigenvalue weighted by molar-refractivity contribution is 6.01. The molecule has 0 bridgehead atoms. The van der Waals surface area contributed by atoms with Crippen molar-refractivity contribution in [2.24, 2.45) is 0 Å². The van der Waals surface area contributed by atoms with Gasteiger partial charge in [0.1, 0.15) is 5.82 Å². The molecular weight excluding hydrogens is 218 g/mol. The summed E-state index contributed by atoms with van der Waals surface area (Å²) >= 11 is 0. The second-order valence-corrected chi connectivity index (χ2v) is 3.60. The normalized spacial score (nSPS) is 10.2. The molecule has 0 aliphatic heterocycles. The molecule has 0 saturated carbocycles. The number of hydrogen-bond donors (Lipinski definition) is 2. The minimum absolute atomic E-state index is 0.149. The molecule has 0 unspecified atom stereocenters. The maximum atomic E-state index is 11.8. The van der Waals surface area contributed by atoms with E-state index in [0.717, 1.165) is 5.69 Å². The van der Waals surface area contributed by atoms with Crippen molar-refractivity contribution >= 4 is 11.6 Å². The summed E-state index contributed by atoms with van der Waals surface area (Å²) in [5.41, 5.74) is 1.53. The number of carbonyl (C=O) groups excluding carboxylic acids is 1. The first-order chi connectivity index (χ1) is 8.19. The van der Waals surface area contributed by atoms with Crippen LogP contribution in [0.4, 0.5) is 5.69 Å². The summed E-state index contributed by atoms with van der Waals surface area (Å²) in [6, 6.07) is 3.50.